The average Bonchev–Trinajstić information content (AvgIpc) is 2.29. The Labute approximate surface area is 73.1 Å². The zero-order valence-electron chi connectivity index (χ0n) is 7.81. The van der Waals surface area contributed by atoms with Gasteiger partial charge in [0.1, 0.15) is 0 Å². The van der Waals surface area contributed by atoms with Crippen molar-refractivity contribution in [2.24, 2.45) is 0 Å². The summed E-state index contributed by atoms with van der Waals surface area (Å²) in [5.74, 6) is 0. The number of hydrogen-bond acceptors (Lipinski definition) is 1. The molecule has 1 aromatic rings. The maximum atomic E-state index is 4.30. The fourth-order valence-corrected chi connectivity index (χ4v) is 1.91. The number of rotatable bonds is 0. The molecule has 2 rings (SSSR count). The molecule has 0 saturated heterocycles. The highest BCUT2D eigenvalue weighted by Crippen LogP contribution is 2.33. The van der Waals surface area contributed by atoms with E-state index in [2.05, 4.69) is 31.8 Å². The number of pyridine rings is 1. The molecule has 1 aliphatic carbocycles. The van der Waals surface area contributed by atoms with E-state index < -0.39 is 0 Å². The van der Waals surface area contributed by atoms with Crippen LogP contribution in [0.15, 0.2) is 17.8 Å². The van der Waals surface area contributed by atoms with Gasteiger partial charge in [0, 0.05) is 17.5 Å². The van der Waals surface area contributed by atoms with Crippen LogP contribution in [-0.4, -0.2) is 4.98 Å². The van der Waals surface area contributed by atoms with Crippen LogP contribution in [-0.2, 0) is 6.42 Å². The fourth-order valence-electron chi connectivity index (χ4n) is 1.91. The lowest BCUT2D eigenvalue weighted by Crippen LogP contribution is -1.90. The minimum atomic E-state index is 1.12. The third-order valence-electron chi connectivity index (χ3n) is 2.70. The van der Waals surface area contributed by atoms with Crippen molar-refractivity contribution in [3.05, 3.63) is 34.7 Å². The van der Waals surface area contributed by atoms with Crippen molar-refractivity contribution in [2.45, 2.75) is 27.2 Å². The van der Waals surface area contributed by atoms with E-state index in [0.29, 0.717) is 0 Å². The number of aromatic nitrogens is 1. The van der Waals surface area contributed by atoms with Crippen molar-refractivity contribution in [1.29, 1.82) is 0 Å². The Balaban J connectivity index is 2.67. The standard InChI is InChI=1S/C11H13N/c1-7-6-10-4-5-12-9(3)11(10)8(7)2/h4-5H,6H2,1-3H3. The van der Waals surface area contributed by atoms with Gasteiger partial charge in [-0.05, 0) is 44.4 Å². The Bertz CT molecular complexity index is 361. The average molecular weight is 159 g/mol. The predicted molar refractivity (Wildman–Crippen MR) is 50.9 cm³/mol. The molecule has 62 valence electrons. The molecule has 0 amide bonds. The van der Waals surface area contributed by atoms with Gasteiger partial charge in [-0.1, -0.05) is 5.57 Å². The molecule has 1 aliphatic rings. The summed E-state index contributed by atoms with van der Waals surface area (Å²) >= 11 is 0. The van der Waals surface area contributed by atoms with Gasteiger partial charge in [0.05, 0.1) is 0 Å². The first-order valence-corrected chi connectivity index (χ1v) is 4.31. The molecule has 0 atom stereocenters. The van der Waals surface area contributed by atoms with Gasteiger partial charge in [-0.25, -0.2) is 0 Å². The lowest BCUT2D eigenvalue weighted by molar-refractivity contribution is 1.13. The van der Waals surface area contributed by atoms with Gasteiger partial charge in [-0.3, -0.25) is 4.98 Å². The third-order valence-corrected chi connectivity index (χ3v) is 2.70. The Morgan fingerprint density at radius 1 is 1.25 bits per heavy atom. The maximum absolute atomic E-state index is 4.30. The van der Waals surface area contributed by atoms with Crippen LogP contribution >= 0.6 is 0 Å². The van der Waals surface area contributed by atoms with E-state index in [-0.39, 0.29) is 0 Å². The second-order valence-corrected chi connectivity index (χ2v) is 3.51. The van der Waals surface area contributed by atoms with Gasteiger partial charge >= 0.3 is 0 Å². The summed E-state index contributed by atoms with van der Waals surface area (Å²) in [6.45, 7) is 6.48. The lowest BCUT2D eigenvalue weighted by atomic mass is 10.1. The maximum Gasteiger partial charge on any atom is 0.0450 e. The fraction of sp³-hybridized carbons (Fsp3) is 0.364. The van der Waals surface area contributed by atoms with Gasteiger partial charge in [0.2, 0.25) is 0 Å². The number of aryl methyl sites for hydroxylation is 1. The molecule has 0 spiro atoms. The zero-order chi connectivity index (χ0) is 8.72. The quantitative estimate of drug-likeness (QED) is 0.567. The van der Waals surface area contributed by atoms with E-state index in [9.17, 15) is 0 Å². The first kappa shape index (κ1) is 7.53. The molecule has 0 radical (unpaired) electrons. The van der Waals surface area contributed by atoms with Crippen LogP contribution in [0.1, 0.15) is 30.7 Å². The van der Waals surface area contributed by atoms with Crippen molar-refractivity contribution in [2.75, 3.05) is 0 Å². The van der Waals surface area contributed by atoms with E-state index in [0.717, 1.165) is 6.42 Å². The molecule has 0 saturated carbocycles. The SMILES string of the molecule is CC1=C(C)c2c(ccnc2C)C1. The Morgan fingerprint density at radius 3 is 2.67 bits per heavy atom. The van der Waals surface area contributed by atoms with Gasteiger partial charge in [0.15, 0.2) is 0 Å². The largest absolute Gasteiger partial charge is 0.261 e. The van der Waals surface area contributed by atoms with Crippen LogP contribution in [0.2, 0.25) is 0 Å². The molecule has 0 N–H and O–H groups in total. The van der Waals surface area contributed by atoms with E-state index in [1.54, 1.807) is 0 Å². The normalized spacial score (nSPS) is 15.2. The predicted octanol–water partition coefficient (Wildman–Crippen LogP) is 2.74. The number of allylic oxidation sites excluding steroid dienone is 2. The van der Waals surface area contributed by atoms with E-state index in [1.807, 2.05) is 6.20 Å². The number of hydrogen-bond donors (Lipinski definition) is 0. The Hall–Kier alpha value is -1.11. The van der Waals surface area contributed by atoms with E-state index in [4.69, 9.17) is 0 Å². The summed E-state index contributed by atoms with van der Waals surface area (Å²) in [6.07, 6.45) is 3.02. The molecule has 12 heavy (non-hydrogen) atoms. The first-order chi connectivity index (χ1) is 5.70. The summed E-state index contributed by atoms with van der Waals surface area (Å²) in [5, 5.41) is 0. The second kappa shape index (κ2) is 2.44. The van der Waals surface area contributed by atoms with Crippen molar-refractivity contribution < 1.29 is 0 Å². The zero-order valence-corrected chi connectivity index (χ0v) is 7.81. The van der Waals surface area contributed by atoms with Crippen molar-refractivity contribution in [1.82, 2.24) is 4.98 Å². The topological polar surface area (TPSA) is 12.9 Å². The lowest BCUT2D eigenvalue weighted by Gasteiger charge is -2.03. The molecular weight excluding hydrogens is 146 g/mol. The summed E-state index contributed by atoms with van der Waals surface area (Å²) in [5.41, 5.74) is 6.91. The minimum absolute atomic E-state index is 1.12. The van der Waals surface area contributed by atoms with Crippen LogP contribution in [0.25, 0.3) is 5.57 Å². The number of fused-ring (bicyclic) bond motifs is 1. The first-order valence-electron chi connectivity index (χ1n) is 4.31. The smallest absolute Gasteiger partial charge is 0.0450 e. The van der Waals surface area contributed by atoms with Gasteiger partial charge in [-0.2, -0.15) is 0 Å². The highest BCUT2D eigenvalue weighted by molar-refractivity contribution is 5.75. The molecule has 0 fully saturated rings. The Morgan fingerprint density at radius 2 is 2.00 bits per heavy atom. The molecule has 1 heteroatoms. The molecule has 1 heterocycles. The van der Waals surface area contributed by atoms with Crippen LogP contribution in [0.5, 0.6) is 0 Å². The molecular formula is C11H13N. The third kappa shape index (κ3) is 0.893. The minimum Gasteiger partial charge on any atom is -0.261 e. The van der Waals surface area contributed by atoms with Crippen LogP contribution in [0.4, 0.5) is 0 Å². The highest BCUT2D eigenvalue weighted by atomic mass is 14.7. The van der Waals surface area contributed by atoms with E-state index in [1.165, 1.54) is 28.0 Å². The molecule has 0 aromatic carbocycles. The Kier molecular flexibility index (Phi) is 1.53. The summed E-state index contributed by atoms with van der Waals surface area (Å²) in [7, 11) is 0. The van der Waals surface area contributed by atoms with Gasteiger partial charge in [0.25, 0.3) is 0 Å². The summed E-state index contributed by atoms with van der Waals surface area (Å²) in [4.78, 5) is 4.30. The van der Waals surface area contributed by atoms with E-state index >= 15 is 0 Å². The highest BCUT2D eigenvalue weighted by Gasteiger charge is 2.17. The molecule has 0 bridgehead atoms. The molecule has 1 aromatic heterocycles. The molecule has 1 nitrogen and oxygen atoms in total. The van der Waals surface area contributed by atoms with Crippen LogP contribution in [0.3, 0.4) is 0 Å². The molecule has 0 aliphatic heterocycles. The molecule has 0 unspecified atom stereocenters. The van der Waals surface area contributed by atoms with Crippen molar-refractivity contribution in [3.8, 4) is 0 Å². The van der Waals surface area contributed by atoms with Crippen molar-refractivity contribution in [3.63, 3.8) is 0 Å². The van der Waals surface area contributed by atoms with Crippen molar-refractivity contribution >= 4 is 5.57 Å². The van der Waals surface area contributed by atoms with Crippen LogP contribution < -0.4 is 0 Å². The second-order valence-electron chi connectivity index (χ2n) is 3.51. The summed E-state index contributed by atoms with van der Waals surface area (Å²) < 4.78 is 0. The van der Waals surface area contributed by atoms with Crippen LogP contribution in [0, 0.1) is 6.92 Å². The van der Waals surface area contributed by atoms with Gasteiger partial charge in [-0.15, -0.1) is 0 Å². The monoisotopic (exact) mass is 159 g/mol. The summed E-state index contributed by atoms with van der Waals surface area (Å²) in [6, 6.07) is 2.13. The number of nitrogens with zero attached hydrogens (tertiary/aromatic N) is 1. The van der Waals surface area contributed by atoms with Gasteiger partial charge < -0.3 is 0 Å².